The van der Waals surface area contributed by atoms with Crippen molar-refractivity contribution in [2.75, 3.05) is 19.6 Å². The zero-order valence-electron chi connectivity index (χ0n) is 9.02. The number of fused-ring (bicyclic) bond motifs is 1. The van der Waals surface area contributed by atoms with E-state index in [0.717, 1.165) is 19.4 Å². The third kappa shape index (κ3) is 2.02. The summed E-state index contributed by atoms with van der Waals surface area (Å²) in [6, 6.07) is -0.229. The van der Waals surface area contributed by atoms with Crippen LogP contribution < -0.4 is 5.73 Å². The fraction of sp³-hybridized carbons (Fsp3) is 0.700. The number of nitrogens with two attached hydrogens (primary N) is 1. The van der Waals surface area contributed by atoms with E-state index in [9.17, 15) is 9.59 Å². The minimum absolute atomic E-state index is 0.0463. The lowest BCUT2D eigenvalue weighted by Gasteiger charge is -2.36. The molecule has 0 bridgehead atoms. The van der Waals surface area contributed by atoms with Crippen LogP contribution in [0.4, 0.5) is 0 Å². The van der Waals surface area contributed by atoms with Crippen LogP contribution in [0, 0.1) is 0 Å². The molecule has 0 radical (unpaired) electrons. The number of rotatable bonds is 3. The summed E-state index contributed by atoms with van der Waals surface area (Å²) in [5.41, 5.74) is 5.39. The molecule has 0 saturated carbocycles. The zero-order chi connectivity index (χ0) is 11.7. The SMILES string of the molecule is NC(=S)CCN1CC(=O)N2CCCC2C1=O. The average molecular weight is 241 g/mol. The maximum atomic E-state index is 12.0. The van der Waals surface area contributed by atoms with Crippen molar-refractivity contribution in [1.82, 2.24) is 9.80 Å². The predicted octanol–water partition coefficient (Wildman–Crippen LogP) is -0.504. The Kier molecular flexibility index (Phi) is 3.09. The van der Waals surface area contributed by atoms with E-state index in [-0.39, 0.29) is 24.4 Å². The second-order valence-corrected chi connectivity index (χ2v) is 4.75. The van der Waals surface area contributed by atoms with Gasteiger partial charge in [0.25, 0.3) is 0 Å². The molecule has 88 valence electrons. The van der Waals surface area contributed by atoms with Gasteiger partial charge in [0.05, 0.1) is 11.5 Å². The highest BCUT2D eigenvalue weighted by atomic mass is 32.1. The van der Waals surface area contributed by atoms with Gasteiger partial charge in [-0.15, -0.1) is 0 Å². The lowest BCUT2D eigenvalue weighted by Crippen LogP contribution is -2.57. The number of piperazine rings is 1. The molecule has 0 aliphatic carbocycles. The molecule has 2 aliphatic rings. The third-order valence-corrected chi connectivity index (χ3v) is 3.33. The van der Waals surface area contributed by atoms with E-state index in [2.05, 4.69) is 0 Å². The fourth-order valence-electron chi connectivity index (χ4n) is 2.30. The number of amides is 2. The van der Waals surface area contributed by atoms with Crippen molar-refractivity contribution in [3.8, 4) is 0 Å². The van der Waals surface area contributed by atoms with Crippen molar-refractivity contribution in [3.05, 3.63) is 0 Å². The highest BCUT2D eigenvalue weighted by molar-refractivity contribution is 7.80. The van der Waals surface area contributed by atoms with Crippen LogP contribution in [-0.2, 0) is 9.59 Å². The van der Waals surface area contributed by atoms with Crippen LogP contribution in [0.25, 0.3) is 0 Å². The minimum atomic E-state index is -0.229. The average Bonchev–Trinajstić information content (AvgIpc) is 2.70. The standard InChI is InChI=1S/C10H15N3O2S/c11-8(16)3-5-12-6-9(14)13-4-1-2-7(13)10(12)15/h7H,1-6H2,(H2,11,16). The molecule has 6 heteroatoms. The molecule has 16 heavy (non-hydrogen) atoms. The summed E-state index contributed by atoms with van der Waals surface area (Å²) >= 11 is 4.77. The number of nitrogens with zero attached hydrogens (tertiary/aromatic N) is 2. The molecule has 0 spiro atoms. The van der Waals surface area contributed by atoms with Crippen molar-refractivity contribution < 1.29 is 9.59 Å². The summed E-state index contributed by atoms with van der Waals surface area (Å²) in [5.74, 6) is 0.0957. The molecule has 1 atom stereocenters. The van der Waals surface area contributed by atoms with Gasteiger partial charge in [-0.2, -0.15) is 0 Å². The Hall–Kier alpha value is -1.17. The molecule has 0 aromatic heterocycles. The summed E-state index contributed by atoms with van der Waals surface area (Å²) in [5, 5.41) is 0. The number of thiocarbonyl (C=S) groups is 1. The monoisotopic (exact) mass is 241 g/mol. The Balaban J connectivity index is 2.02. The van der Waals surface area contributed by atoms with Gasteiger partial charge in [0.1, 0.15) is 6.04 Å². The smallest absolute Gasteiger partial charge is 0.245 e. The number of hydrogen-bond acceptors (Lipinski definition) is 3. The molecule has 0 aromatic rings. The highest BCUT2D eigenvalue weighted by Gasteiger charge is 2.41. The Labute approximate surface area is 99.6 Å². The van der Waals surface area contributed by atoms with Crippen molar-refractivity contribution in [2.24, 2.45) is 5.73 Å². The van der Waals surface area contributed by atoms with E-state index in [0.29, 0.717) is 18.0 Å². The Morgan fingerprint density at radius 3 is 2.94 bits per heavy atom. The second kappa shape index (κ2) is 4.37. The van der Waals surface area contributed by atoms with E-state index in [1.54, 1.807) is 9.80 Å². The van der Waals surface area contributed by atoms with E-state index in [4.69, 9.17) is 18.0 Å². The van der Waals surface area contributed by atoms with Gasteiger partial charge < -0.3 is 15.5 Å². The van der Waals surface area contributed by atoms with Gasteiger partial charge in [0.15, 0.2) is 0 Å². The molecule has 2 fully saturated rings. The van der Waals surface area contributed by atoms with Crippen molar-refractivity contribution in [1.29, 1.82) is 0 Å². The summed E-state index contributed by atoms with van der Waals surface area (Å²) in [4.78, 5) is 27.4. The van der Waals surface area contributed by atoms with Crippen LogP contribution in [-0.4, -0.2) is 52.3 Å². The summed E-state index contributed by atoms with van der Waals surface area (Å²) < 4.78 is 0. The molecule has 1 unspecified atom stereocenters. The second-order valence-electron chi connectivity index (χ2n) is 4.22. The normalized spacial score (nSPS) is 24.9. The van der Waals surface area contributed by atoms with Gasteiger partial charge in [-0.3, -0.25) is 9.59 Å². The molecule has 2 rings (SSSR count). The lowest BCUT2D eigenvalue weighted by molar-refractivity contribution is -0.153. The van der Waals surface area contributed by atoms with Gasteiger partial charge in [0, 0.05) is 19.5 Å². The first-order valence-electron chi connectivity index (χ1n) is 5.46. The molecule has 2 aliphatic heterocycles. The van der Waals surface area contributed by atoms with E-state index >= 15 is 0 Å². The van der Waals surface area contributed by atoms with Crippen LogP contribution in [0.15, 0.2) is 0 Å². The Bertz CT molecular complexity index is 345. The van der Waals surface area contributed by atoms with E-state index in [1.807, 2.05) is 0 Å². The lowest BCUT2D eigenvalue weighted by atomic mass is 10.1. The first-order valence-corrected chi connectivity index (χ1v) is 5.87. The number of hydrogen-bond donors (Lipinski definition) is 1. The zero-order valence-corrected chi connectivity index (χ0v) is 9.83. The fourth-order valence-corrected chi connectivity index (χ4v) is 2.39. The van der Waals surface area contributed by atoms with Crippen LogP contribution in [0.3, 0.4) is 0 Å². The van der Waals surface area contributed by atoms with E-state index < -0.39 is 0 Å². The van der Waals surface area contributed by atoms with E-state index in [1.165, 1.54) is 0 Å². The van der Waals surface area contributed by atoms with Crippen LogP contribution in [0.2, 0.25) is 0 Å². The first-order chi connectivity index (χ1) is 7.59. The molecule has 2 saturated heterocycles. The van der Waals surface area contributed by atoms with Crippen LogP contribution in [0.1, 0.15) is 19.3 Å². The quantitative estimate of drug-likeness (QED) is 0.676. The van der Waals surface area contributed by atoms with Crippen molar-refractivity contribution >= 4 is 29.0 Å². The number of carbonyl (C=O) groups is 2. The van der Waals surface area contributed by atoms with Crippen molar-refractivity contribution in [2.45, 2.75) is 25.3 Å². The highest BCUT2D eigenvalue weighted by Crippen LogP contribution is 2.23. The number of carbonyl (C=O) groups excluding carboxylic acids is 2. The van der Waals surface area contributed by atoms with Gasteiger partial charge >= 0.3 is 0 Å². The molecular formula is C10H15N3O2S. The molecule has 2 N–H and O–H groups in total. The van der Waals surface area contributed by atoms with Gasteiger partial charge in [-0.1, -0.05) is 12.2 Å². The van der Waals surface area contributed by atoms with Crippen LogP contribution >= 0.6 is 12.2 Å². The third-order valence-electron chi connectivity index (χ3n) is 3.12. The first kappa shape index (κ1) is 11.3. The molecule has 2 amide bonds. The van der Waals surface area contributed by atoms with Crippen molar-refractivity contribution in [3.63, 3.8) is 0 Å². The molecule has 5 nitrogen and oxygen atoms in total. The summed E-state index contributed by atoms with van der Waals surface area (Å²) in [6.07, 6.45) is 2.19. The molecule has 2 heterocycles. The van der Waals surface area contributed by atoms with Gasteiger partial charge in [0.2, 0.25) is 11.8 Å². The predicted molar refractivity (Wildman–Crippen MR) is 62.7 cm³/mol. The van der Waals surface area contributed by atoms with Gasteiger partial charge in [-0.05, 0) is 12.8 Å². The van der Waals surface area contributed by atoms with Gasteiger partial charge in [-0.25, -0.2) is 0 Å². The molecule has 0 aromatic carbocycles. The Morgan fingerprint density at radius 2 is 2.25 bits per heavy atom. The maximum Gasteiger partial charge on any atom is 0.245 e. The topological polar surface area (TPSA) is 66.6 Å². The molecular weight excluding hydrogens is 226 g/mol. The van der Waals surface area contributed by atoms with Crippen LogP contribution in [0.5, 0.6) is 0 Å². The largest absolute Gasteiger partial charge is 0.393 e. The summed E-state index contributed by atoms with van der Waals surface area (Å²) in [7, 11) is 0. The Morgan fingerprint density at radius 1 is 1.50 bits per heavy atom. The minimum Gasteiger partial charge on any atom is -0.393 e. The summed E-state index contributed by atoms with van der Waals surface area (Å²) in [6.45, 7) is 1.36. The maximum absolute atomic E-state index is 12.0.